The number of alkyl halides is 3. The Morgan fingerprint density at radius 3 is 2.62 bits per heavy atom. The molecular weight excluding hydrogens is 433 g/mol. The van der Waals surface area contributed by atoms with Crippen LogP contribution in [0.5, 0.6) is 0 Å². The second-order valence-corrected chi connectivity index (χ2v) is 7.55. The molecule has 3 aromatic rings. The zero-order valence-corrected chi connectivity index (χ0v) is 16.5. The standard InChI is InChI=1S/C21H16F5N5O/c22-14-8-15(18(16(23)9-14)21(24,25)26)13-2-1-6-30(7-5-13)20(32)19-29-28-17-4-3-12(10-27)11-31(17)19/h3-4,8-9,11,13H,1-2,5-7H2. The molecule has 4 rings (SSSR count). The quantitative estimate of drug-likeness (QED) is 0.547. The van der Waals surface area contributed by atoms with Crippen molar-refractivity contribution in [2.45, 2.75) is 31.4 Å². The highest BCUT2D eigenvalue weighted by molar-refractivity contribution is 5.91. The molecule has 1 aromatic carbocycles. The number of nitrogens with zero attached hydrogens (tertiary/aromatic N) is 5. The second kappa shape index (κ2) is 8.18. The maximum atomic E-state index is 14.0. The van der Waals surface area contributed by atoms with E-state index in [1.165, 1.54) is 27.6 Å². The Morgan fingerprint density at radius 1 is 1.12 bits per heavy atom. The maximum absolute atomic E-state index is 14.0. The first-order chi connectivity index (χ1) is 15.2. The molecule has 11 heteroatoms. The average molecular weight is 449 g/mol. The first-order valence-corrected chi connectivity index (χ1v) is 9.79. The molecule has 1 atom stereocenters. The molecule has 0 aliphatic carbocycles. The van der Waals surface area contributed by atoms with Gasteiger partial charge in [-0.15, -0.1) is 10.2 Å². The fraction of sp³-hybridized carbons (Fsp3) is 0.333. The van der Waals surface area contributed by atoms with E-state index < -0.39 is 40.8 Å². The lowest BCUT2D eigenvalue weighted by molar-refractivity contribution is -0.140. The van der Waals surface area contributed by atoms with Crippen molar-refractivity contribution in [2.24, 2.45) is 0 Å². The molecule has 0 radical (unpaired) electrons. The predicted octanol–water partition coefficient (Wildman–Crippen LogP) is 4.31. The summed E-state index contributed by atoms with van der Waals surface area (Å²) >= 11 is 0. The van der Waals surface area contributed by atoms with Crippen molar-refractivity contribution in [1.29, 1.82) is 5.26 Å². The lowest BCUT2D eigenvalue weighted by Crippen LogP contribution is -2.33. The zero-order valence-electron chi connectivity index (χ0n) is 16.5. The summed E-state index contributed by atoms with van der Waals surface area (Å²) in [6.45, 7) is 0.313. The molecule has 0 N–H and O–H groups in total. The van der Waals surface area contributed by atoms with E-state index in [9.17, 15) is 26.7 Å². The van der Waals surface area contributed by atoms with Gasteiger partial charge in [0.1, 0.15) is 17.7 Å². The van der Waals surface area contributed by atoms with Crippen LogP contribution in [0.4, 0.5) is 22.0 Å². The van der Waals surface area contributed by atoms with Crippen molar-refractivity contribution >= 4 is 11.6 Å². The fourth-order valence-electron chi connectivity index (χ4n) is 4.07. The van der Waals surface area contributed by atoms with Gasteiger partial charge in [0.25, 0.3) is 5.91 Å². The summed E-state index contributed by atoms with van der Waals surface area (Å²) < 4.78 is 69.4. The number of carbonyl (C=O) groups excluding carboxylic acids is 1. The average Bonchev–Trinajstić information content (AvgIpc) is 2.99. The van der Waals surface area contributed by atoms with Gasteiger partial charge in [-0.25, -0.2) is 8.78 Å². The van der Waals surface area contributed by atoms with Crippen molar-refractivity contribution in [2.75, 3.05) is 13.1 Å². The number of hydrogen-bond acceptors (Lipinski definition) is 4. The van der Waals surface area contributed by atoms with E-state index in [4.69, 9.17) is 5.26 Å². The predicted molar refractivity (Wildman–Crippen MR) is 102 cm³/mol. The second-order valence-electron chi connectivity index (χ2n) is 7.55. The Bertz CT molecular complexity index is 1230. The van der Waals surface area contributed by atoms with E-state index in [-0.39, 0.29) is 37.8 Å². The highest BCUT2D eigenvalue weighted by atomic mass is 19.4. The molecule has 0 saturated carbocycles. The van der Waals surface area contributed by atoms with E-state index in [2.05, 4.69) is 10.2 Å². The van der Waals surface area contributed by atoms with Crippen LogP contribution < -0.4 is 0 Å². The third kappa shape index (κ3) is 4.00. The summed E-state index contributed by atoms with van der Waals surface area (Å²) in [5.74, 6) is -4.01. The summed E-state index contributed by atoms with van der Waals surface area (Å²) in [4.78, 5) is 14.5. The monoisotopic (exact) mass is 449 g/mol. The Labute approximate surface area is 178 Å². The minimum Gasteiger partial charge on any atom is -0.336 e. The number of hydrogen-bond donors (Lipinski definition) is 0. The van der Waals surface area contributed by atoms with Crippen molar-refractivity contribution in [3.05, 3.63) is 64.6 Å². The zero-order chi connectivity index (χ0) is 23.0. The Kier molecular flexibility index (Phi) is 5.54. The minimum absolute atomic E-state index is 0.0247. The molecular formula is C21H16F5N5O. The molecule has 1 fully saturated rings. The highest BCUT2D eigenvalue weighted by Gasteiger charge is 2.39. The van der Waals surface area contributed by atoms with Gasteiger partial charge in [-0.3, -0.25) is 9.20 Å². The first-order valence-electron chi connectivity index (χ1n) is 9.79. The lowest BCUT2D eigenvalue weighted by Gasteiger charge is -2.22. The van der Waals surface area contributed by atoms with Crippen molar-refractivity contribution < 1.29 is 26.7 Å². The first kappa shape index (κ1) is 21.7. The van der Waals surface area contributed by atoms with Crippen LogP contribution in [0.3, 0.4) is 0 Å². The van der Waals surface area contributed by atoms with Crippen LogP contribution in [-0.4, -0.2) is 38.5 Å². The number of pyridine rings is 1. The van der Waals surface area contributed by atoms with Gasteiger partial charge < -0.3 is 4.90 Å². The number of halogens is 5. The lowest BCUT2D eigenvalue weighted by atomic mass is 9.88. The van der Waals surface area contributed by atoms with Crippen LogP contribution in [-0.2, 0) is 6.18 Å². The topological polar surface area (TPSA) is 74.3 Å². The van der Waals surface area contributed by atoms with Gasteiger partial charge in [-0.2, -0.15) is 18.4 Å². The summed E-state index contributed by atoms with van der Waals surface area (Å²) in [5, 5.41) is 16.9. The SMILES string of the molecule is N#Cc1ccc2nnc(C(=O)N3CCCC(c4cc(F)cc(F)c4C(F)(F)F)CC3)n2c1. The highest BCUT2D eigenvalue weighted by Crippen LogP contribution is 2.40. The largest absolute Gasteiger partial charge is 0.419 e. The van der Waals surface area contributed by atoms with Gasteiger partial charge in [0.05, 0.1) is 11.1 Å². The summed E-state index contributed by atoms with van der Waals surface area (Å²) in [5.41, 5.74) is -1.23. The number of rotatable bonds is 2. The number of amides is 1. The van der Waals surface area contributed by atoms with E-state index in [0.29, 0.717) is 17.6 Å². The van der Waals surface area contributed by atoms with Crippen molar-refractivity contribution in [3.63, 3.8) is 0 Å². The number of fused-ring (bicyclic) bond motifs is 1. The Hall–Kier alpha value is -3.55. The number of likely N-dealkylation sites (tertiary alicyclic amines) is 1. The van der Waals surface area contributed by atoms with Gasteiger partial charge in [-0.1, -0.05) is 0 Å². The third-order valence-electron chi connectivity index (χ3n) is 5.55. The van der Waals surface area contributed by atoms with Gasteiger partial charge in [0.15, 0.2) is 5.65 Å². The Balaban J connectivity index is 1.60. The molecule has 1 aliphatic heterocycles. The van der Waals surface area contributed by atoms with Crippen LogP contribution in [0.1, 0.15) is 52.5 Å². The number of aromatic nitrogens is 3. The van der Waals surface area contributed by atoms with Crippen LogP contribution in [0, 0.1) is 23.0 Å². The van der Waals surface area contributed by atoms with E-state index in [1.54, 1.807) is 0 Å². The molecule has 0 bridgehead atoms. The number of nitriles is 1. The fourth-order valence-corrected chi connectivity index (χ4v) is 4.07. The minimum atomic E-state index is -4.96. The Morgan fingerprint density at radius 2 is 1.91 bits per heavy atom. The van der Waals surface area contributed by atoms with Crippen LogP contribution >= 0.6 is 0 Å². The molecule has 1 aliphatic rings. The van der Waals surface area contributed by atoms with Crippen molar-refractivity contribution in [1.82, 2.24) is 19.5 Å². The molecule has 6 nitrogen and oxygen atoms in total. The molecule has 1 amide bonds. The molecule has 1 unspecified atom stereocenters. The van der Waals surface area contributed by atoms with Gasteiger partial charge in [0, 0.05) is 25.4 Å². The van der Waals surface area contributed by atoms with E-state index >= 15 is 0 Å². The third-order valence-corrected chi connectivity index (χ3v) is 5.55. The van der Waals surface area contributed by atoms with E-state index in [1.807, 2.05) is 6.07 Å². The summed E-state index contributed by atoms with van der Waals surface area (Å²) in [6, 6.07) is 5.99. The van der Waals surface area contributed by atoms with Crippen LogP contribution in [0.2, 0.25) is 0 Å². The van der Waals surface area contributed by atoms with E-state index in [0.717, 1.165) is 6.07 Å². The van der Waals surface area contributed by atoms with Gasteiger partial charge >= 0.3 is 6.18 Å². The molecule has 0 spiro atoms. The summed E-state index contributed by atoms with van der Waals surface area (Å²) in [7, 11) is 0. The smallest absolute Gasteiger partial charge is 0.336 e. The summed E-state index contributed by atoms with van der Waals surface area (Å²) in [6.07, 6.45) is -2.87. The number of carbonyl (C=O) groups is 1. The molecule has 2 aromatic heterocycles. The van der Waals surface area contributed by atoms with Crippen LogP contribution in [0.15, 0.2) is 30.5 Å². The number of benzene rings is 1. The molecule has 166 valence electrons. The molecule has 1 saturated heterocycles. The normalized spacial score (nSPS) is 17.2. The van der Waals surface area contributed by atoms with Gasteiger partial charge in [0.2, 0.25) is 5.82 Å². The van der Waals surface area contributed by atoms with Crippen molar-refractivity contribution in [3.8, 4) is 6.07 Å². The van der Waals surface area contributed by atoms with Crippen LogP contribution in [0.25, 0.3) is 5.65 Å². The maximum Gasteiger partial charge on any atom is 0.419 e. The van der Waals surface area contributed by atoms with Gasteiger partial charge in [-0.05, 0) is 48.9 Å². The molecule has 3 heterocycles. The molecule has 32 heavy (non-hydrogen) atoms.